The van der Waals surface area contributed by atoms with Crippen molar-refractivity contribution in [3.63, 3.8) is 0 Å². The van der Waals surface area contributed by atoms with Crippen molar-refractivity contribution in [2.45, 2.75) is 6.42 Å². The zero-order chi connectivity index (χ0) is 11.4. The topological polar surface area (TPSA) is 72.4 Å². The molecule has 0 bridgehead atoms. The van der Waals surface area contributed by atoms with Gasteiger partial charge in [0.05, 0.1) is 18.1 Å². The van der Waals surface area contributed by atoms with E-state index in [1.807, 2.05) is 0 Å². The number of sulfonamides is 1. The summed E-state index contributed by atoms with van der Waals surface area (Å²) in [5.74, 6) is 0.806. The molecule has 0 aliphatic carbocycles. The Bertz CT molecular complexity index is 435. The standard InChI is InChI=1S/C9H13N3O3S/c13-16(14)5-1-2-12(16)3-4-15-9-6-10-8-11-7-9/h6-8H,1-5H2. The summed E-state index contributed by atoms with van der Waals surface area (Å²) in [5.41, 5.74) is 0. The van der Waals surface area contributed by atoms with E-state index < -0.39 is 10.0 Å². The maximum atomic E-state index is 11.4. The average Bonchev–Trinajstić information content (AvgIpc) is 2.60. The van der Waals surface area contributed by atoms with E-state index in [9.17, 15) is 8.42 Å². The predicted molar refractivity (Wildman–Crippen MR) is 57.5 cm³/mol. The Morgan fingerprint density at radius 1 is 1.38 bits per heavy atom. The Labute approximate surface area is 94.3 Å². The molecule has 1 aromatic rings. The smallest absolute Gasteiger partial charge is 0.214 e. The Kier molecular flexibility index (Phi) is 3.35. The lowest BCUT2D eigenvalue weighted by Crippen LogP contribution is -2.30. The lowest BCUT2D eigenvalue weighted by atomic mass is 10.5. The summed E-state index contributed by atoms with van der Waals surface area (Å²) in [5, 5.41) is 0. The van der Waals surface area contributed by atoms with Crippen LogP contribution in [0.3, 0.4) is 0 Å². The first-order valence-corrected chi connectivity index (χ1v) is 6.65. The molecule has 1 aliphatic heterocycles. The maximum absolute atomic E-state index is 11.4. The molecule has 0 amide bonds. The maximum Gasteiger partial charge on any atom is 0.214 e. The van der Waals surface area contributed by atoms with E-state index >= 15 is 0 Å². The Balaban J connectivity index is 1.81. The fourth-order valence-electron chi connectivity index (χ4n) is 1.57. The Morgan fingerprint density at radius 3 is 2.75 bits per heavy atom. The van der Waals surface area contributed by atoms with Gasteiger partial charge in [0.1, 0.15) is 12.9 Å². The minimum absolute atomic E-state index is 0.251. The first-order chi connectivity index (χ1) is 7.68. The minimum Gasteiger partial charge on any atom is -0.489 e. The number of aromatic nitrogens is 2. The van der Waals surface area contributed by atoms with Gasteiger partial charge in [-0.1, -0.05) is 0 Å². The van der Waals surface area contributed by atoms with Crippen LogP contribution < -0.4 is 4.74 Å². The molecule has 2 rings (SSSR count). The highest BCUT2D eigenvalue weighted by molar-refractivity contribution is 7.89. The molecule has 1 aromatic heterocycles. The van der Waals surface area contributed by atoms with Crippen molar-refractivity contribution in [1.29, 1.82) is 0 Å². The van der Waals surface area contributed by atoms with Crippen molar-refractivity contribution in [3.8, 4) is 5.75 Å². The highest BCUT2D eigenvalue weighted by Gasteiger charge is 2.27. The predicted octanol–water partition coefficient (Wildman–Crippen LogP) is -0.109. The van der Waals surface area contributed by atoms with Gasteiger partial charge in [-0.25, -0.2) is 18.4 Å². The summed E-state index contributed by atoms with van der Waals surface area (Å²) >= 11 is 0. The van der Waals surface area contributed by atoms with E-state index in [-0.39, 0.29) is 5.75 Å². The van der Waals surface area contributed by atoms with Crippen molar-refractivity contribution in [2.75, 3.05) is 25.4 Å². The van der Waals surface area contributed by atoms with Crippen molar-refractivity contribution in [2.24, 2.45) is 0 Å². The van der Waals surface area contributed by atoms with Crippen LogP contribution in [0.4, 0.5) is 0 Å². The van der Waals surface area contributed by atoms with Gasteiger partial charge in [-0.3, -0.25) is 0 Å². The largest absolute Gasteiger partial charge is 0.489 e. The third kappa shape index (κ3) is 2.67. The molecule has 1 fully saturated rings. The van der Waals surface area contributed by atoms with Crippen LogP contribution in [0.25, 0.3) is 0 Å². The van der Waals surface area contributed by atoms with Crippen molar-refractivity contribution >= 4 is 10.0 Å². The van der Waals surface area contributed by atoms with Crippen LogP contribution in [0.15, 0.2) is 18.7 Å². The van der Waals surface area contributed by atoms with Gasteiger partial charge in [0.15, 0.2) is 5.75 Å². The third-order valence-electron chi connectivity index (χ3n) is 2.35. The Morgan fingerprint density at radius 2 is 2.12 bits per heavy atom. The molecule has 7 heteroatoms. The molecule has 0 unspecified atom stereocenters. The normalized spacial score (nSPS) is 19.8. The zero-order valence-electron chi connectivity index (χ0n) is 8.74. The van der Waals surface area contributed by atoms with Crippen molar-refractivity contribution in [1.82, 2.24) is 14.3 Å². The summed E-state index contributed by atoms with van der Waals surface area (Å²) in [6, 6.07) is 0. The molecule has 0 atom stereocenters. The molecule has 6 nitrogen and oxygen atoms in total. The molecule has 1 saturated heterocycles. The summed E-state index contributed by atoms with van der Waals surface area (Å²) in [6.07, 6.45) is 5.21. The van der Waals surface area contributed by atoms with Crippen LogP contribution >= 0.6 is 0 Å². The fraction of sp³-hybridized carbons (Fsp3) is 0.556. The number of hydrogen-bond acceptors (Lipinski definition) is 5. The molecule has 88 valence electrons. The van der Waals surface area contributed by atoms with E-state index in [2.05, 4.69) is 9.97 Å². The second-order valence-corrected chi connectivity index (χ2v) is 5.58. The molecule has 0 N–H and O–H groups in total. The molecule has 0 aromatic carbocycles. The van der Waals surface area contributed by atoms with Crippen molar-refractivity contribution < 1.29 is 13.2 Å². The molecule has 0 spiro atoms. The summed E-state index contributed by atoms with van der Waals surface area (Å²) in [6.45, 7) is 1.31. The van der Waals surface area contributed by atoms with Gasteiger partial charge in [0.2, 0.25) is 10.0 Å². The molecule has 16 heavy (non-hydrogen) atoms. The molecular formula is C9H13N3O3S. The lowest BCUT2D eigenvalue weighted by molar-refractivity contribution is 0.277. The fourth-order valence-corrected chi connectivity index (χ4v) is 3.08. The SMILES string of the molecule is O=S1(=O)CCCN1CCOc1cncnc1. The number of nitrogens with zero attached hydrogens (tertiary/aromatic N) is 3. The average molecular weight is 243 g/mol. The van der Waals surface area contributed by atoms with Gasteiger partial charge in [-0.2, -0.15) is 4.31 Å². The van der Waals surface area contributed by atoms with E-state index in [4.69, 9.17) is 4.74 Å². The van der Waals surface area contributed by atoms with Gasteiger partial charge in [-0.15, -0.1) is 0 Å². The first kappa shape index (κ1) is 11.3. The van der Waals surface area contributed by atoms with Crippen LogP contribution in [0.2, 0.25) is 0 Å². The Hall–Kier alpha value is -1.21. The van der Waals surface area contributed by atoms with E-state index in [0.717, 1.165) is 0 Å². The molecule has 2 heterocycles. The number of hydrogen-bond donors (Lipinski definition) is 0. The van der Waals surface area contributed by atoms with Gasteiger partial charge < -0.3 is 4.74 Å². The second-order valence-electron chi connectivity index (χ2n) is 3.49. The van der Waals surface area contributed by atoms with Gasteiger partial charge in [0.25, 0.3) is 0 Å². The number of rotatable bonds is 4. The monoisotopic (exact) mass is 243 g/mol. The van der Waals surface area contributed by atoms with Crippen LogP contribution in [0.5, 0.6) is 5.75 Å². The quantitative estimate of drug-likeness (QED) is 0.738. The first-order valence-electron chi connectivity index (χ1n) is 5.04. The minimum atomic E-state index is -3.02. The number of ether oxygens (including phenoxy) is 1. The highest BCUT2D eigenvalue weighted by atomic mass is 32.2. The zero-order valence-corrected chi connectivity index (χ0v) is 9.56. The van der Waals surface area contributed by atoms with Crippen LogP contribution in [-0.4, -0.2) is 48.1 Å². The lowest BCUT2D eigenvalue weighted by Gasteiger charge is -2.14. The second kappa shape index (κ2) is 4.75. The molecule has 0 saturated carbocycles. The van der Waals surface area contributed by atoms with Crippen LogP contribution in [-0.2, 0) is 10.0 Å². The molecular weight excluding hydrogens is 230 g/mol. The summed E-state index contributed by atoms with van der Waals surface area (Å²) in [7, 11) is -3.02. The molecule has 1 aliphatic rings. The van der Waals surface area contributed by atoms with E-state index in [0.29, 0.717) is 31.9 Å². The van der Waals surface area contributed by atoms with E-state index in [1.165, 1.54) is 10.6 Å². The summed E-state index contributed by atoms with van der Waals surface area (Å²) in [4.78, 5) is 7.59. The van der Waals surface area contributed by atoms with Gasteiger partial charge in [-0.05, 0) is 6.42 Å². The molecule has 0 radical (unpaired) electrons. The van der Waals surface area contributed by atoms with Gasteiger partial charge in [0, 0.05) is 13.1 Å². The highest BCUT2D eigenvalue weighted by Crippen LogP contribution is 2.12. The van der Waals surface area contributed by atoms with Crippen molar-refractivity contribution in [3.05, 3.63) is 18.7 Å². The van der Waals surface area contributed by atoms with Crippen LogP contribution in [0.1, 0.15) is 6.42 Å². The summed E-state index contributed by atoms with van der Waals surface area (Å²) < 4.78 is 29.7. The van der Waals surface area contributed by atoms with Gasteiger partial charge >= 0.3 is 0 Å². The third-order valence-corrected chi connectivity index (χ3v) is 4.31. The van der Waals surface area contributed by atoms with Crippen LogP contribution in [0, 0.1) is 0 Å². The van der Waals surface area contributed by atoms with E-state index in [1.54, 1.807) is 12.4 Å².